The fraction of sp³-hybridized carbons (Fsp3) is 0.667. The second-order valence-corrected chi connectivity index (χ2v) is 5.90. The van der Waals surface area contributed by atoms with Crippen molar-refractivity contribution in [3.63, 3.8) is 0 Å². The first-order valence-electron chi connectivity index (χ1n) is 7.72. The lowest BCUT2D eigenvalue weighted by molar-refractivity contribution is -0.159. The molecule has 2 fully saturated rings. The van der Waals surface area contributed by atoms with Crippen LogP contribution in [0.4, 0.5) is 0 Å². The van der Waals surface area contributed by atoms with Gasteiger partial charge in [0.2, 0.25) is 11.8 Å². The molecule has 7 nitrogen and oxygen atoms in total. The Labute approximate surface area is 129 Å². The lowest BCUT2D eigenvalue weighted by atomic mass is 10.1. The molecule has 0 spiro atoms. The molecule has 3 rings (SSSR count). The van der Waals surface area contributed by atoms with Gasteiger partial charge in [0.25, 0.3) is 0 Å². The summed E-state index contributed by atoms with van der Waals surface area (Å²) in [5.41, 5.74) is 0.927. The quantitative estimate of drug-likeness (QED) is 0.782. The summed E-state index contributed by atoms with van der Waals surface area (Å²) in [6, 6.07) is -0.674. The Morgan fingerprint density at radius 3 is 2.95 bits per heavy atom. The molecule has 2 amide bonds. The number of piperazine rings is 1. The minimum Gasteiger partial charge on any atom is -0.383 e. The van der Waals surface area contributed by atoms with Crippen molar-refractivity contribution >= 4 is 11.8 Å². The molecule has 7 heteroatoms. The average molecular weight is 306 g/mol. The summed E-state index contributed by atoms with van der Waals surface area (Å²) in [6.45, 7) is 4.21. The molecule has 3 heterocycles. The molecule has 2 atom stereocenters. The third kappa shape index (κ3) is 2.49. The van der Waals surface area contributed by atoms with Gasteiger partial charge in [-0.1, -0.05) is 0 Å². The van der Waals surface area contributed by atoms with Gasteiger partial charge >= 0.3 is 0 Å². The third-order valence-corrected chi connectivity index (χ3v) is 4.60. The number of methoxy groups -OCH3 is 1. The summed E-state index contributed by atoms with van der Waals surface area (Å²) in [4.78, 5) is 32.7. The van der Waals surface area contributed by atoms with Gasteiger partial charge in [-0.15, -0.1) is 0 Å². The first-order valence-corrected chi connectivity index (χ1v) is 7.72. The van der Waals surface area contributed by atoms with Crippen molar-refractivity contribution in [3.05, 3.63) is 18.2 Å². The number of ether oxygens (including phenoxy) is 1. The Balaban J connectivity index is 1.78. The molecule has 0 N–H and O–H groups in total. The maximum atomic E-state index is 12.7. The number of aromatic nitrogens is 2. The zero-order chi connectivity index (χ0) is 15.7. The molecule has 0 radical (unpaired) electrons. The number of hydrogen-bond donors (Lipinski definition) is 0. The molecule has 0 unspecified atom stereocenters. The normalized spacial score (nSPS) is 25.0. The van der Waals surface area contributed by atoms with Crippen molar-refractivity contribution in [2.75, 3.05) is 20.3 Å². The van der Waals surface area contributed by atoms with E-state index in [1.54, 1.807) is 29.4 Å². The molecule has 2 saturated heterocycles. The molecule has 1 aromatic heterocycles. The fourth-order valence-electron chi connectivity index (χ4n) is 3.30. The molecule has 0 aliphatic carbocycles. The Kier molecular flexibility index (Phi) is 4.15. The largest absolute Gasteiger partial charge is 0.383 e. The monoisotopic (exact) mass is 306 g/mol. The fourth-order valence-corrected chi connectivity index (χ4v) is 3.30. The van der Waals surface area contributed by atoms with E-state index in [1.165, 1.54) is 0 Å². The highest BCUT2D eigenvalue weighted by atomic mass is 16.5. The van der Waals surface area contributed by atoms with Crippen LogP contribution < -0.4 is 0 Å². The van der Waals surface area contributed by atoms with E-state index >= 15 is 0 Å². The van der Waals surface area contributed by atoms with Crippen LogP contribution in [0.5, 0.6) is 0 Å². The van der Waals surface area contributed by atoms with Crippen LogP contribution >= 0.6 is 0 Å². The third-order valence-electron chi connectivity index (χ3n) is 4.60. The lowest BCUT2D eigenvalue weighted by Crippen LogP contribution is -2.61. The molecular formula is C15H22N4O3. The van der Waals surface area contributed by atoms with E-state index in [0.717, 1.165) is 18.5 Å². The molecule has 2 aliphatic heterocycles. The van der Waals surface area contributed by atoms with E-state index in [2.05, 4.69) is 4.98 Å². The van der Waals surface area contributed by atoms with E-state index in [0.29, 0.717) is 26.2 Å². The Morgan fingerprint density at radius 1 is 1.36 bits per heavy atom. The highest BCUT2D eigenvalue weighted by Crippen LogP contribution is 2.27. The van der Waals surface area contributed by atoms with Crippen LogP contribution in [0.25, 0.3) is 0 Å². The van der Waals surface area contributed by atoms with Crippen molar-refractivity contribution in [2.24, 2.45) is 0 Å². The van der Waals surface area contributed by atoms with Crippen LogP contribution in [0.3, 0.4) is 0 Å². The average Bonchev–Trinajstić information content (AvgIpc) is 3.16. The van der Waals surface area contributed by atoms with Gasteiger partial charge < -0.3 is 19.1 Å². The minimum atomic E-state index is -0.410. The van der Waals surface area contributed by atoms with Crippen molar-refractivity contribution in [3.8, 4) is 0 Å². The van der Waals surface area contributed by atoms with Crippen molar-refractivity contribution < 1.29 is 14.3 Å². The minimum absolute atomic E-state index is 0.0593. The highest BCUT2D eigenvalue weighted by Gasteiger charge is 2.45. The topological polar surface area (TPSA) is 67.7 Å². The van der Waals surface area contributed by atoms with Gasteiger partial charge in [0.05, 0.1) is 25.2 Å². The highest BCUT2D eigenvalue weighted by molar-refractivity contribution is 5.97. The molecule has 22 heavy (non-hydrogen) atoms. The van der Waals surface area contributed by atoms with Crippen LogP contribution in [0.1, 0.15) is 25.5 Å². The zero-order valence-corrected chi connectivity index (χ0v) is 13.1. The van der Waals surface area contributed by atoms with Crippen molar-refractivity contribution in [1.82, 2.24) is 19.4 Å². The number of rotatable bonds is 5. The molecule has 2 aliphatic rings. The zero-order valence-electron chi connectivity index (χ0n) is 13.1. The second kappa shape index (κ2) is 6.08. The molecule has 120 valence electrons. The van der Waals surface area contributed by atoms with Gasteiger partial charge in [0.1, 0.15) is 12.1 Å². The van der Waals surface area contributed by atoms with Crippen molar-refractivity contribution in [2.45, 2.75) is 44.9 Å². The number of nitrogens with zero attached hydrogens (tertiary/aromatic N) is 4. The molecule has 0 aromatic carbocycles. The van der Waals surface area contributed by atoms with E-state index in [4.69, 9.17) is 4.74 Å². The maximum absolute atomic E-state index is 12.7. The van der Waals surface area contributed by atoms with Gasteiger partial charge in [0.15, 0.2) is 0 Å². The van der Waals surface area contributed by atoms with Crippen LogP contribution in [-0.4, -0.2) is 63.5 Å². The predicted octanol–water partition coefficient (Wildman–Crippen LogP) is 0.251. The summed E-state index contributed by atoms with van der Waals surface area (Å²) < 4.78 is 7.05. The van der Waals surface area contributed by atoms with Crippen LogP contribution in [-0.2, 0) is 27.4 Å². The number of carbonyl (C=O) groups excluding carboxylic acids is 2. The van der Waals surface area contributed by atoms with E-state index < -0.39 is 6.04 Å². The van der Waals surface area contributed by atoms with Gasteiger partial charge in [0, 0.05) is 26.4 Å². The SMILES string of the molecule is COCCn1cncc1CN1C(=O)[C@H]2CCCN2C(=O)[C@@H]1C. The molecule has 0 bridgehead atoms. The maximum Gasteiger partial charge on any atom is 0.246 e. The summed E-state index contributed by atoms with van der Waals surface area (Å²) in [6.07, 6.45) is 5.17. The number of carbonyl (C=O) groups is 2. The smallest absolute Gasteiger partial charge is 0.246 e. The van der Waals surface area contributed by atoms with E-state index in [1.807, 2.05) is 11.5 Å². The second-order valence-electron chi connectivity index (χ2n) is 5.90. The lowest BCUT2D eigenvalue weighted by Gasteiger charge is -2.40. The molecular weight excluding hydrogens is 284 g/mol. The van der Waals surface area contributed by atoms with Gasteiger partial charge in [-0.3, -0.25) is 9.59 Å². The van der Waals surface area contributed by atoms with E-state index in [-0.39, 0.29) is 17.9 Å². The Bertz CT molecular complexity index is 571. The van der Waals surface area contributed by atoms with Crippen LogP contribution in [0.2, 0.25) is 0 Å². The summed E-state index contributed by atoms with van der Waals surface area (Å²) >= 11 is 0. The van der Waals surface area contributed by atoms with Crippen LogP contribution in [0, 0.1) is 0 Å². The molecule has 0 saturated carbocycles. The number of amides is 2. The first kappa shape index (κ1) is 15.0. The summed E-state index contributed by atoms with van der Waals surface area (Å²) in [7, 11) is 1.65. The summed E-state index contributed by atoms with van der Waals surface area (Å²) in [5, 5.41) is 0. The Hall–Kier alpha value is -1.89. The number of fused-ring (bicyclic) bond motifs is 1. The first-order chi connectivity index (χ1) is 10.6. The van der Waals surface area contributed by atoms with Gasteiger partial charge in [-0.05, 0) is 19.8 Å². The van der Waals surface area contributed by atoms with E-state index in [9.17, 15) is 9.59 Å². The number of imidazole rings is 1. The van der Waals surface area contributed by atoms with Crippen molar-refractivity contribution in [1.29, 1.82) is 0 Å². The van der Waals surface area contributed by atoms with Gasteiger partial charge in [-0.25, -0.2) is 4.98 Å². The van der Waals surface area contributed by atoms with Gasteiger partial charge in [-0.2, -0.15) is 0 Å². The predicted molar refractivity (Wildman–Crippen MR) is 78.9 cm³/mol. The number of hydrogen-bond acceptors (Lipinski definition) is 4. The summed E-state index contributed by atoms with van der Waals surface area (Å²) in [5.74, 6) is 0.120. The Morgan fingerprint density at radius 2 is 2.18 bits per heavy atom. The molecule has 1 aromatic rings. The van der Waals surface area contributed by atoms with Crippen LogP contribution in [0.15, 0.2) is 12.5 Å². The standard InChI is InChI=1S/C15H22N4O3/c1-11-14(20)18-5-3-4-13(18)15(21)19(11)9-12-8-16-10-17(12)6-7-22-2/h8,10-11,13H,3-7,9H2,1-2H3/t11-,13+/m0/s1.